The minimum atomic E-state index is -5.53. The molecule has 0 aromatic heterocycles. The number of halogens is 8. The van der Waals surface area contributed by atoms with Crippen LogP contribution in [0.25, 0.3) is 0 Å². The zero-order chi connectivity index (χ0) is 10.9. The smallest absolute Gasteiger partial charge is 0.199 e. The van der Waals surface area contributed by atoms with Crippen LogP contribution >= 0.6 is 0 Å². The second-order valence-corrected chi connectivity index (χ2v) is 1.88. The van der Waals surface area contributed by atoms with Gasteiger partial charge >= 0.3 is 18.2 Å². The Bertz CT molecular complexity index is 207. The molecule has 77 valence electrons. The van der Waals surface area contributed by atoms with Crippen LogP contribution in [-0.4, -0.2) is 12.1 Å². The first-order valence-electron chi connectivity index (χ1n) is 2.59. The molecule has 0 saturated heterocycles. The molecule has 0 rings (SSSR count). The van der Waals surface area contributed by atoms with Crippen molar-refractivity contribution in [3.05, 3.63) is 18.3 Å². The Morgan fingerprint density at radius 1 is 0.846 bits per heavy atom. The van der Waals surface area contributed by atoms with E-state index in [9.17, 15) is 35.1 Å². The maximum absolute atomic E-state index is 11.9. The maximum atomic E-state index is 11.9. The summed E-state index contributed by atoms with van der Waals surface area (Å²) in [6, 6.07) is 0. The highest BCUT2D eigenvalue weighted by Gasteiger charge is 2.49. The Kier molecular flexibility index (Phi) is 3.28. The molecule has 0 aliphatic carbocycles. The van der Waals surface area contributed by atoms with E-state index in [1.165, 1.54) is 0 Å². The number of alkyl halides is 5. The second kappa shape index (κ2) is 3.51. The van der Waals surface area contributed by atoms with Crippen molar-refractivity contribution in [1.29, 1.82) is 0 Å². The van der Waals surface area contributed by atoms with Gasteiger partial charge in [-0.15, -0.1) is 0 Å². The summed E-state index contributed by atoms with van der Waals surface area (Å²) in [6.07, 6.45) is -10.8. The van der Waals surface area contributed by atoms with E-state index in [-0.39, 0.29) is 0 Å². The Morgan fingerprint density at radius 2 is 1.23 bits per heavy atom. The fourth-order valence-electron chi connectivity index (χ4n) is 0.395. The molecular formula is C5HF8. The van der Waals surface area contributed by atoms with Gasteiger partial charge in [0, 0.05) is 0 Å². The maximum Gasteiger partial charge on any atom is 0.398 e. The van der Waals surface area contributed by atoms with Gasteiger partial charge < -0.3 is 0 Å². The van der Waals surface area contributed by atoms with Crippen molar-refractivity contribution in [3.63, 3.8) is 0 Å². The molecule has 0 aliphatic rings. The summed E-state index contributed by atoms with van der Waals surface area (Å²) >= 11 is 0. The summed E-state index contributed by atoms with van der Waals surface area (Å²) in [6.45, 7) is 0. The number of rotatable bonds is 2. The van der Waals surface area contributed by atoms with E-state index in [0.29, 0.717) is 0 Å². The minimum absolute atomic E-state index is 1.76. The highest BCUT2D eigenvalue weighted by Crippen LogP contribution is 2.37. The molecule has 0 saturated carbocycles. The zero-order valence-corrected chi connectivity index (χ0v) is 5.60. The molecule has 0 nitrogen and oxygen atoms in total. The number of hydrogen-bond donors (Lipinski definition) is 0. The van der Waals surface area contributed by atoms with Crippen molar-refractivity contribution in [3.8, 4) is 0 Å². The topological polar surface area (TPSA) is 0 Å². The van der Waals surface area contributed by atoms with Gasteiger partial charge in [-0.3, -0.25) is 0 Å². The van der Waals surface area contributed by atoms with Crippen LogP contribution in [0.5, 0.6) is 0 Å². The lowest BCUT2D eigenvalue weighted by molar-refractivity contribution is -0.132. The summed E-state index contributed by atoms with van der Waals surface area (Å²) in [5, 5.41) is 0. The third kappa shape index (κ3) is 4.09. The van der Waals surface area contributed by atoms with E-state index in [1.807, 2.05) is 0 Å². The van der Waals surface area contributed by atoms with Crippen molar-refractivity contribution in [1.82, 2.24) is 0 Å². The fraction of sp³-hybridized carbons (Fsp3) is 0.400. The van der Waals surface area contributed by atoms with Crippen LogP contribution in [0.2, 0.25) is 0 Å². The van der Waals surface area contributed by atoms with Crippen molar-refractivity contribution >= 4 is 0 Å². The average Bonchev–Trinajstić information content (AvgIpc) is 1.80. The van der Waals surface area contributed by atoms with Crippen LogP contribution in [0, 0.1) is 6.42 Å². The molecule has 0 aromatic rings. The van der Waals surface area contributed by atoms with Gasteiger partial charge in [0.2, 0.25) is 5.83 Å². The molecule has 0 amide bonds. The molecule has 0 spiro atoms. The molecule has 0 N–H and O–H groups in total. The Labute approximate surface area is 66.8 Å². The lowest BCUT2D eigenvalue weighted by Crippen LogP contribution is -2.27. The molecule has 0 bridgehead atoms. The molecule has 0 atom stereocenters. The molecule has 8 heteroatoms. The molecule has 13 heavy (non-hydrogen) atoms. The highest BCUT2D eigenvalue weighted by atomic mass is 19.4. The third-order valence-electron chi connectivity index (χ3n) is 0.804. The first-order valence-corrected chi connectivity index (χ1v) is 2.59. The number of allylic oxidation sites excluding steroid dienone is 1. The van der Waals surface area contributed by atoms with E-state index in [2.05, 4.69) is 0 Å². The molecule has 0 aliphatic heterocycles. The van der Waals surface area contributed by atoms with Gasteiger partial charge in [-0.05, 0) is 0 Å². The molecule has 0 heterocycles. The summed E-state index contributed by atoms with van der Waals surface area (Å²) in [5.74, 6) is -8.72. The zero-order valence-electron chi connectivity index (χ0n) is 5.60. The Hall–Kier alpha value is -0.820. The van der Waals surface area contributed by atoms with E-state index in [1.54, 1.807) is 0 Å². The second-order valence-electron chi connectivity index (χ2n) is 1.88. The van der Waals surface area contributed by atoms with E-state index in [4.69, 9.17) is 0 Å². The van der Waals surface area contributed by atoms with E-state index < -0.39 is 30.4 Å². The summed E-state index contributed by atoms with van der Waals surface area (Å²) in [5.41, 5.74) is 0. The lowest BCUT2D eigenvalue weighted by Gasteiger charge is -2.14. The van der Waals surface area contributed by atoms with Crippen molar-refractivity contribution in [2.24, 2.45) is 0 Å². The van der Waals surface area contributed by atoms with Gasteiger partial charge in [-0.1, -0.05) is 0 Å². The Morgan fingerprint density at radius 3 is 1.46 bits per heavy atom. The summed E-state index contributed by atoms with van der Waals surface area (Å²) in [4.78, 5) is 0. The number of hydrogen-bond acceptors (Lipinski definition) is 0. The average molecular weight is 213 g/mol. The van der Waals surface area contributed by atoms with Gasteiger partial charge in [0.15, 0.2) is 0 Å². The minimum Gasteiger partial charge on any atom is -0.199 e. The lowest BCUT2D eigenvalue weighted by atomic mass is 10.2. The van der Waals surface area contributed by atoms with Gasteiger partial charge in [0.05, 0.1) is 0 Å². The first kappa shape index (κ1) is 12.2. The monoisotopic (exact) mass is 213 g/mol. The molecule has 1 radical (unpaired) electrons. The van der Waals surface area contributed by atoms with Gasteiger partial charge in [0.1, 0.15) is 6.42 Å². The van der Waals surface area contributed by atoms with Gasteiger partial charge in [-0.25, -0.2) is 0 Å². The molecule has 0 aromatic carbocycles. The highest BCUT2D eigenvalue weighted by molar-refractivity contribution is 5.13. The molecule has 0 fully saturated rings. The standard InChI is InChI=1S/C5HF8/c6-2(3(7)8)4(9,10)1-5(11,12)13/h1H. The van der Waals surface area contributed by atoms with Crippen molar-refractivity contribution in [2.45, 2.75) is 12.1 Å². The Balaban J connectivity index is 4.69. The summed E-state index contributed by atoms with van der Waals surface area (Å²) < 4.78 is 91.3. The first-order chi connectivity index (χ1) is 5.56. The predicted octanol–water partition coefficient (Wildman–Crippen LogP) is 3.47. The third-order valence-corrected chi connectivity index (χ3v) is 0.804. The molecule has 0 unspecified atom stereocenters. The van der Waals surface area contributed by atoms with Crippen molar-refractivity contribution < 1.29 is 35.1 Å². The summed E-state index contributed by atoms with van der Waals surface area (Å²) in [7, 11) is 0. The largest absolute Gasteiger partial charge is 0.398 e. The predicted molar refractivity (Wildman–Crippen MR) is 25.7 cm³/mol. The SMILES string of the molecule is FC(F)=C(F)C(F)(F)[CH]C(F)(F)F. The van der Waals surface area contributed by atoms with Gasteiger partial charge in [0.25, 0.3) is 0 Å². The van der Waals surface area contributed by atoms with E-state index >= 15 is 0 Å². The van der Waals surface area contributed by atoms with Crippen LogP contribution < -0.4 is 0 Å². The van der Waals surface area contributed by atoms with E-state index in [0.717, 1.165) is 0 Å². The van der Waals surface area contributed by atoms with Crippen LogP contribution in [0.1, 0.15) is 0 Å². The molecular weight excluding hydrogens is 212 g/mol. The fourth-order valence-corrected chi connectivity index (χ4v) is 0.395. The van der Waals surface area contributed by atoms with Crippen LogP contribution in [0.3, 0.4) is 0 Å². The van der Waals surface area contributed by atoms with Crippen molar-refractivity contribution in [2.75, 3.05) is 0 Å². The van der Waals surface area contributed by atoms with Crippen LogP contribution in [-0.2, 0) is 0 Å². The normalized spacial score (nSPS) is 12.9. The van der Waals surface area contributed by atoms with Gasteiger partial charge in [-0.2, -0.15) is 35.1 Å². The van der Waals surface area contributed by atoms with Crippen LogP contribution in [0.4, 0.5) is 35.1 Å². The van der Waals surface area contributed by atoms with Crippen LogP contribution in [0.15, 0.2) is 11.9 Å². The quantitative estimate of drug-likeness (QED) is 0.616.